The molecule has 0 radical (unpaired) electrons. The second kappa shape index (κ2) is 7.17. The van der Waals surface area contributed by atoms with Crippen LogP contribution >= 0.6 is 0 Å². The van der Waals surface area contributed by atoms with Gasteiger partial charge in [0, 0.05) is 39.3 Å². The van der Waals surface area contributed by atoms with Crippen LogP contribution in [0.25, 0.3) is 0 Å². The van der Waals surface area contributed by atoms with Gasteiger partial charge in [-0.3, -0.25) is 0 Å². The van der Waals surface area contributed by atoms with E-state index in [1.807, 2.05) is 0 Å². The van der Waals surface area contributed by atoms with E-state index < -0.39 is 10.2 Å². The van der Waals surface area contributed by atoms with E-state index in [0.717, 1.165) is 38.9 Å². The summed E-state index contributed by atoms with van der Waals surface area (Å²) in [6.07, 6.45) is 2.91. The van der Waals surface area contributed by atoms with Crippen LogP contribution in [-0.4, -0.2) is 74.3 Å². The maximum absolute atomic E-state index is 12.6. The first-order valence-corrected chi connectivity index (χ1v) is 9.15. The largest absolute Gasteiger partial charge is 0.330 e. The quantitative estimate of drug-likeness (QED) is 0.772. The first-order chi connectivity index (χ1) is 9.57. The van der Waals surface area contributed by atoms with Crippen LogP contribution < -0.4 is 5.73 Å². The summed E-state index contributed by atoms with van der Waals surface area (Å²) in [5.74, 6) is 0.489. The zero-order valence-electron chi connectivity index (χ0n) is 12.5. The van der Waals surface area contributed by atoms with Crippen molar-refractivity contribution in [2.45, 2.75) is 26.2 Å². The van der Waals surface area contributed by atoms with Gasteiger partial charge in [-0.15, -0.1) is 0 Å². The molecule has 2 rings (SSSR count). The van der Waals surface area contributed by atoms with E-state index in [1.54, 1.807) is 8.61 Å². The molecule has 2 N–H and O–H groups in total. The number of piperidine rings is 1. The van der Waals surface area contributed by atoms with Crippen LogP contribution in [-0.2, 0) is 10.2 Å². The van der Waals surface area contributed by atoms with Crippen LogP contribution in [0.3, 0.4) is 0 Å². The van der Waals surface area contributed by atoms with Gasteiger partial charge in [-0.05, 0) is 38.3 Å². The molecular formula is C13H28N4O2S. The molecule has 0 spiro atoms. The molecule has 0 aromatic carbocycles. The molecule has 2 saturated heterocycles. The monoisotopic (exact) mass is 304 g/mol. The van der Waals surface area contributed by atoms with E-state index in [9.17, 15) is 8.42 Å². The molecule has 20 heavy (non-hydrogen) atoms. The predicted molar refractivity (Wildman–Crippen MR) is 80.6 cm³/mol. The van der Waals surface area contributed by atoms with Crippen LogP contribution in [0.4, 0.5) is 0 Å². The second-order valence-electron chi connectivity index (χ2n) is 5.83. The third-order valence-electron chi connectivity index (χ3n) is 4.43. The molecule has 0 saturated carbocycles. The summed E-state index contributed by atoms with van der Waals surface area (Å²) in [4.78, 5) is 2.34. The molecule has 0 atom stereocenters. The molecule has 2 aliphatic heterocycles. The van der Waals surface area contributed by atoms with Crippen LogP contribution in [0.15, 0.2) is 0 Å². The highest BCUT2D eigenvalue weighted by atomic mass is 32.2. The summed E-state index contributed by atoms with van der Waals surface area (Å²) >= 11 is 0. The maximum Gasteiger partial charge on any atom is 0.282 e. The Morgan fingerprint density at radius 3 is 2.05 bits per heavy atom. The van der Waals surface area contributed by atoms with Crippen molar-refractivity contribution in [2.24, 2.45) is 11.7 Å². The van der Waals surface area contributed by atoms with Crippen molar-refractivity contribution in [1.29, 1.82) is 0 Å². The van der Waals surface area contributed by atoms with Crippen molar-refractivity contribution in [2.75, 3.05) is 52.4 Å². The number of nitrogens with two attached hydrogens (primary N) is 1. The minimum absolute atomic E-state index is 0.489. The Balaban J connectivity index is 1.88. The Kier molecular flexibility index (Phi) is 5.80. The maximum atomic E-state index is 12.6. The van der Waals surface area contributed by atoms with Crippen molar-refractivity contribution >= 4 is 10.2 Å². The molecule has 2 fully saturated rings. The van der Waals surface area contributed by atoms with Gasteiger partial charge in [0.15, 0.2) is 0 Å². The number of nitrogens with zero attached hydrogens (tertiary/aromatic N) is 3. The van der Waals surface area contributed by atoms with Crippen molar-refractivity contribution < 1.29 is 8.42 Å². The topological polar surface area (TPSA) is 69.9 Å². The van der Waals surface area contributed by atoms with Crippen molar-refractivity contribution in [3.63, 3.8) is 0 Å². The van der Waals surface area contributed by atoms with Crippen LogP contribution in [0, 0.1) is 5.92 Å². The standard InChI is InChI=1S/C13H28N4O2S/c1-2-5-15-8-10-17(11-9-15)20(18,19)16-6-3-13(12-14)4-7-16/h13H,2-12,14H2,1H3. The lowest BCUT2D eigenvalue weighted by Gasteiger charge is -2.38. The number of piperazine rings is 1. The lowest BCUT2D eigenvalue weighted by molar-refractivity contribution is 0.176. The zero-order valence-corrected chi connectivity index (χ0v) is 13.3. The van der Waals surface area contributed by atoms with Gasteiger partial charge in [0.2, 0.25) is 0 Å². The Labute approximate surface area is 123 Å². The third kappa shape index (κ3) is 3.71. The van der Waals surface area contributed by atoms with Crippen LogP contribution in [0.1, 0.15) is 26.2 Å². The smallest absolute Gasteiger partial charge is 0.282 e. The average Bonchev–Trinajstić information content (AvgIpc) is 2.48. The van der Waals surface area contributed by atoms with Gasteiger partial charge in [-0.25, -0.2) is 0 Å². The van der Waals surface area contributed by atoms with Crippen molar-refractivity contribution in [3.05, 3.63) is 0 Å². The SMILES string of the molecule is CCCN1CCN(S(=O)(=O)N2CCC(CN)CC2)CC1. The van der Waals surface area contributed by atoms with E-state index in [-0.39, 0.29) is 0 Å². The highest BCUT2D eigenvalue weighted by molar-refractivity contribution is 7.86. The molecular weight excluding hydrogens is 276 g/mol. The fourth-order valence-electron chi connectivity index (χ4n) is 3.04. The van der Waals surface area contributed by atoms with Gasteiger partial charge in [0.1, 0.15) is 0 Å². The van der Waals surface area contributed by atoms with Gasteiger partial charge in [-0.1, -0.05) is 6.92 Å². The second-order valence-corrected chi connectivity index (χ2v) is 7.76. The van der Waals surface area contributed by atoms with E-state index in [2.05, 4.69) is 11.8 Å². The lowest BCUT2D eigenvalue weighted by atomic mass is 9.99. The Hall–Kier alpha value is -0.210. The fraction of sp³-hybridized carbons (Fsp3) is 1.00. The van der Waals surface area contributed by atoms with Gasteiger partial charge in [0.25, 0.3) is 10.2 Å². The van der Waals surface area contributed by atoms with Crippen molar-refractivity contribution in [3.8, 4) is 0 Å². The average molecular weight is 304 g/mol. The summed E-state index contributed by atoms with van der Waals surface area (Å²) in [5.41, 5.74) is 5.66. The molecule has 6 nitrogen and oxygen atoms in total. The number of rotatable bonds is 5. The fourth-order valence-corrected chi connectivity index (χ4v) is 4.66. The Bertz CT molecular complexity index is 385. The minimum Gasteiger partial charge on any atom is -0.330 e. The molecule has 0 unspecified atom stereocenters. The number of hydrogen-bond acceptors (Lipinski definition) is 4. The molecule has 0 aliphatic carbocycles. The first-order valence-electron chi connectivity index (χ1n) is 7.75. The van der Waals surface area contributed by atoms with Gasteiger partial charge in [-0.2, -0.15) is 17.0 Å². The van der Waals surface area contributed by atoms with Crippen LogP contribution in [0.2, 0.25) is 0 Å². The molecule has 0 aromatic heterocycles. The summed E-state index contributed by atoms with van der Waals surface area (Å²) in [7, 11) is -3.26. The zero-order chi connectivity index (χ0) is 14.6. The van der Waals surface area contributed by atoms with Gasteiger partial charge in [0.05, 0.1) is 0 Å². The summed E-state index contributed by atoms with van der Waals surface area (Å²) < 4.78 is 28.5. The van der Waals surface area contributed by atoms with Crippen molar-refractivity contribution in [1.82, 2.24) is 13.5 Å². The van der Waals surface area contributed by atoms with E-state index in [4.69, 9.17) is 5.73 Å². The normalized spacial score (nSPS) is 25.1. The minimum atomic E-state index is -3.26. The number of hydrogen-bond donors (Lipinski definition) is 1. The molecule has 2 aliphatic rings. The third-order valence-corrected chi connectivity index (χ3v) is 6.47. The van der Waals surface area contributed by atoms with Crippen LogP contribution in [0.5, 0.6) is 0 Å². The van der Waals surface area contributed by atoms with E-state index >= 15 is 0 Å². The Morgan fingerprint density at radius 2 is 1.55 bits per heavy atom. The van der Waals surface area contributed by atoms with Gasteiger partial charge >= 0.3 is 0 Å². The van der Waals surface area contributed by atoms with Gasteiger partial charge < -0.3 is 10.6 Å². The molecule has 7 heteroatoms. The molecule has 0 aromatic rings. The summed E-state index contributed by atoms with van der Waals surface area (Å²) in [5, 5.41) is 0. The highest BCUT2D eigenvalue weighted by Crippen LogP contribution is 2.21. The van der Waals surface area contributed by atoms with E-state index in [1.165, 1.54) is 0 Å². The Morgan fingerprint density at radius 1 is 1.00 bits per heavy atom. The lowest BCUT2D eigenvalue weighted by Crippen LogP contribution is -2.54. The molecule has 118 valence electrons. The van der Waals surface area contributed by atoms with E-state index in [0.29, 0.717) is 38.6 Å². The summed E-state index contributed by atoms with van der Waals surface area (Å²) in [6, 6.07) is 0. The molecule has 0 bridgehead atoms. The highest BCUT2D eigenvalue weighted by Gasteiger charge is 2.34. The molecule has 2 heterocycles. The molecule has 0 amide bonds. The predicted octanol–water partition coefficient (Wildman–Crippen LogP) is -0.0705. The first kappa shape index (κ1) is 16.2. The summed E-state index contributed by atoms with van der Waals surface area (Å²) in [6.45, 7) is 8.10.